The SMILES string of the molecule is CCc1cc(-c2nc(NC(=O)N[C@H]3CCCNC3)cs2)ccc1C1=CCOCC1. The monoisotopic (exact) mass is 412 g/mol. The highest BCUT2D eigenvalue weighted by Gasteiger charge is 2.17. The Labute approximate surface area is 175 Å². The number of thiazole rings is 1. The Hall–Kier alpha value is -2.22. The molecule has 2 aliphatic heterocycles. The molecule has 3 heterocycles. The smallest absolute Gasteiger partial charge is 0.320 e. The van der Waals surface area contributed by atoms with E-state index in [0.29, 0.717) is 12.4 Å². The van der Waals surface area contributed by atoms with Crippen LogP contribution in [0.2, 0.25) is 0 Å². The van der Waals surface area contributed by atoms with Crippen LogP contribution in [0.3, 0.4) is 0 Å². The van der Waals surface area contributed by atoms with Crippen molar-refractivity contribution in [2.45, 2.75) is 38.6 Å². The number of nitrogens with zero attached hydrogens (tertiary/aromatic N) is 1. The lowest BCUT2D eigenvalue weighted by Gasteiger charge is -2.23. The molecule has 2 amide bonds. The molecule has 6 nitrogen and oxygen atoms in total. The lowest BCUT2D eigenvalue weighted by atomic mass is 9.93. The summed E-state index contributed by atoms with van der Waals surface area (Å²) in [6.07, 6.45) is 6.21. The van der Waals surface area contributed by atoms with Gasteiger partial charge < -0.3 is 15.4 Å². The Kier molecular flexibility index (Phi) is 6.59. The maximum Gasteiger partial charge on any atom is 0.320 e. The van der Waals surface area contributed by atoms with Gasteiger partial charge in [-0.15, -0.1) is 11.3 Å². The van der Waals surface area contributed by atoms with Crippen molar-refractivity contribution < 1.29 is 9.53 Å². The summed E-state index contributed by atoms with van der Waals surface area (Å²) >= 11 is 1.55. The number of urea groups is 1. The zero-order valence-corrected chi connectivity index (χ0v) is 17.6. The molecule has 3 N–H and O–H groups in total. The maximum absolute atomic E-state index is 12.2. The molecule has 2 aromatic rings. The summed E-state index contributed by atoms with van der Waals surface area (Å²) in [6, 6.07) is 6.54. The highest BCUT2D eigenvalue weighted by Crippen LogP contribution is 2.31. The van der Waals surface area contributed by atoms with Gasteiger partial charge in [0.15, 0.2) is 0 Å². The minimum absolute atomic E-state index is 0.181. The fourth-order valence-corrected chi connectivity index (χ4v) is 4.63. The summed E-state index contributed by atoms with van der Waals surface area (Å²) in [5, 5.41) is 12.0. The molecule has 0 radical (unpaired) electrons. The Morgan fingerprint density at radius 2 is 2.34 bits per heavy atom. The van der Waals surface area contributed by atoms with Crippen molar-refractivity contribution in [2.75, 3.05) is 31.6 Å². The molecule has 4 rings (SSSR count). The number of benzene rings is 1. The second-order valence-electron chi connectivity index (χ2n) is 7.46. The van der Waals surface area contributed by atoms with Gasteiger partial charge in [0.05, 0.1) is 13.2 Å². The van der Waals surface area contributed by atoms with Gasteiger partial charge in [-0.3, -0.25) is 5.32 Å². The van der Waals surface area contributed by atoms with Gasteiger partial charge in [0.25, 0.3) is 0 Å². The van der Waals surface area contributed by atoms with E-state index in [1.54, 1.807) is 11.3 Å². The predicted octanol–water partition coefficient (Wildman–Crippen LogP) is 4.05. The van der Waals surface area contributed by atoms with E-state index < -0.39 is 0 Å². The number of carbonyl (C=O) groups excluding carboxylic acids is 1. The summed E-state index contributed by atoms with van der Waals surface area (Å²) in [5.74, 6) is 0.598. The molecule has 0 aliphatic carbocycles. The molecule has 0 bridgehead atoms. The van der Waals surface area contributed by atoms with Crippen LogP contribution < -0.4 is 16.0 Å². The topological polar surface area (TPSA) is 75.3 Å². The number of rotatable bonds is 5. The Balaban J connectivity index is 1.44. The molecule has 0 unspecified atom stereocenters. The van der Waals surface area contributed by atoms with Crippen LogP contribution in [0.4, 0.5) is 10.6 Å². The normalized spacial score (nSPS) is 19.5. The summed E-state index contributed by atoms with van der Waals surface area (Å²) < 4.78 is 5.44. The molecule has 1 aromatic carbocycles. The van der Waals surface area contributed by atoms with Crippen LogP contribution in [0.5, 0.6) is 0 Å². The third-order valence-electron chi connectivity index (χ3n) is 5.42. The molecule has 1 saturated heterocycles. The van der Waals surface area contributed by atoms with Gasteiger partial charge in [0.2, 0.25) is 0 Å². The summed E-state index contributed by atoms with van der Waals surface area (Å²) in [4.78, 5) is 16.9. The zero-order valence-electron chi connectivity index (χ0n) is 16.8. The fourth-order valence-electron chi connectivity index (χ4n) is 3.88. The van der Waals surface area contributed by atoms with Crippen LogP contribution in [-0.2, 0) is 11.2 Å². The van der Waals surface area contributed by atoms with Gasteiger partial charge in [0.1, 0.15) is 10.8 Å². The Morgan fingerprint density at radius 1 is 1.41 bits per heavy atom. The van der Waals surface area contributed by atoms with Crippen molar-refractivity contribution in [1.82, 2.24) is 15.6 Å². The molecular formula is C22H28N4O2S. The molecule has 7 heteroatoms. The van der Waals surface area contributed by atoms with Crippen molar-refractivity contribution in [1.29, 1.82) is 0 Å². The number of aromatic nitrogens is 1. The van der Waals surface area contributed by atoms with Gasteiger partial charge in [-0.25, -0.2) is 9.78 Å². The average molecular weight is 413 g/mol. The molecule has 29 heavy (non-hydrogen) atoms. The van der Waals surface area contributed by atoms with Gasteiger partial charge in [-0.1, -0.05) is 25.1 Å². The van der Waals surface area contributed by atoms with E-state index in [4.69, 9.17) is 4.74 Å². The van der Waals surface area contributed by atoms with Gasteiger partial charge in [0, 0.05) is 23.5 Å². The lowest BCUT2D eigenvalue weighted by molar-refractivity contribution is 0.161. The summed E-state index contributed by atoms with van der Waals surface area (Å²) in [5.41, 5.74) is 5.10. The highest BCUT2D eigenvalue weighted by atomic mass is 32.1. The molecule has 0 saturated carbocycles. The first-order valence-corrected chi connectivity index (χ1v) is 11.2. The third-order valence-corrected chi connectivity index (χ3v) is 6.31. The molecule has 1 aromatic heterocycles. The van der Waals surface area contributed by atoms with Crippen LogP contribution in [0.1, 0.15) is 37.3 Å². The molecule has 1 fully saturated rings. The second-order valence-corrected chi connectivity index (χ2v) is 8.32. The van der Waals surface area contributed by atoms with Crippen LogP contribution in [0.25, 0.3) is 16.1 Å². The van der Waals surface area contributed by atoms with Crippen molar-refractivity contribution in [3.8, 4) is 10.6 Å². The van der Waals surface area contributed by atoms with Crippen LogP contribution in [0.15, 0.2) is 29.7 Å². The zero-order chi connectivity index (χ0) is 20.1. The van der Waals surface area contributed by atoms with Crippen molar-refractivity contribution in [3.05, 3.63) is 40.8 Å². The first-order chi connectivity index (χ1) is 14.2. The van der Waals surface area contributed by atoms with Crippen LogP contribution in [-0.4, -0.2) is 43.4 Å². The predicted molar refractivity (Wildman–Crippen MR) is 118 cm³/mol. The lowest BCUT2D eigenvalue weighted by Crippen LogP contribution is -2.47. The number of anilines is 1. The van der Waals surface area contributed by atoms with Gasteiger partial charge in [-0.05, 0) is 55.0 Å². The minimum Gasteiger partial charge on any atom is -0.377 e. The molecule has 0 spiro atoms. The van der Waals surface area contributed by atoms with Crippen LogP contribution >= 0.6 is 11.3 Å². The van der Waals surface area contributed by atoms with Gasteiger partial charge in [-0.2, -0.15) is 0 Å². The third kappa shape index (κ3) is 5.04. The number of ether oxygens (including phenoxy) is 1. The maximum atomic E-state index is 12.2. The largest absolute Gasteiger partial charge is 0.377 e. The van der Waals surface area contributed by atoms with E-state index in [-0.39, 0.29) is 12.1 Å². The number of carbonyl (C=O) groups is 1. The van der Waals surface area contributed by atoms with E-state index in [9.17, 15) is 4.79 Å². The number of amides is 2. The summed E-state index contributed by atoms with van der Waals surface area (Å²) in [6.45, 7) is 5.52. The summed E-state index contributed by atoms with van der Waals surface area (Å²) in [7, 11) is 0. The van der Waals surface area contributed by atoms with Crippen molar-refractivity contribution in [2.24, 2.45) is 0 Å². The first-order valence-electron chi connectivity index (χ1n) is 10.4. The second kappa shape index (κ2) is 9.52. The van der Waals surface area contributed by atoms with Crippen LogP contribution in [0, 0.1) is 0 Å². The van der Waals surface area contributed by atoms with E-state index in [1.165, 1.54) is 16.7 Å². The highest BCUT2D eigenvalue weighted by molar-refractivity contribution is 7.13. The fraction of sp³-hybridized carbons (Fsp3) is 0.455. The standard InChI is InChI=1S/C22H28N4O2S/c1-2-15-12-17(5-6-19(15)16-7-10-28-11-8-16)21-25-20(14-29-21)26-22(27)24-18-4-3-9-23-13-18/h5-7,12,14,18,23H,2-4,8-11,13H2,1H3,(H2,24,26,27)/t18-/m0/s1. The Morgan fingerprint density at radius 3 is 3.10 bits per heavy atom. The van der Waals surface area contributed by atoms with E-state index in [2.05, 4.69) is 52.1 Å². The number of aryl methyl sites for hydroxylation is 1. The molecular weight excluding hydrogens is 384 g/mol. The first kappa shape index (κ1) is 20.1. The van der Waals surface area contributed by atoms with E-state index >= 15 is 0 Å². The van der Waals surface area contributed by atoms with E-state index in [0.717, 1.165) is 56.0 Å². The quantitative estimate of drug-likeness (QED) is 0.693. The van der Waals surface area contributed by atoms with Crippen molar-refractivity contribution in [3.63, 3.8) is 0 Å². The number of piperidine rings is 1. The van der Waals surface area contributed by atoms with E-state index in [1.807, 2.05) is 5.38 Å². The number of hydrogen-bond acceptors (Lipinski definition) is 5. The number of hydrogen-bond donors (Lipinski definition) is 3. The molecule has 154 valence electrons. The minimum atomic E-state index is -0.188. The average Bonchev–Trinajstić information content (AvgIpc) is 3.23. The Bertz CT molecular complexity index is 887. The molecule has 1 atom stereocenters. The van der Waals surface area contributed by atoms with Gasteiger partial charge >= 0.3 is 6.03 Å². The molecule has 2 aliphatic rings. The van der Waals surface area contributed by atoms with Crippen molar-refractivity contribution >= 4 is 28.8 Å². The number of nitrogens with one attached hydrogen (secondary N) is 3.